The van der Waals surface area contributed by atoms with Crippen LogP contribution < -0.4 is 0 Å². The molecule has 1 heterocycles. The van der Waals surface area contributed by atoms with Gasteiger partial charge in [-0.3, -0.25) is 4.68 Å². The molecule has 0 amide bonds. The maximum Gasteiger partial charge on any atom is 0.0579 e. The van der Waals surface area contributed by atoms with E-state index >= 15 is 0 Å². The van der Waals surface area contributed by atoms with Gasteiger partial charge in [0.15, 0.2) is 0 Å². The lowest BCUT2D eigenvalue weighted by atomic mass is 9.65. The van der Waals surface area contributed by atoms with Gasteiger partial charge in [0, 0.05) is 12.7 Å². The van der Waals surface area contributed by atoms with E-state index in [4.69, 9.17) is 0 Å². The lowest BCUT2D eigenvalue weighted by Gasteiger charge is -2.41. The van der Waals surface area contributed by atoms with Crippen LogP contribution in [0, 0.1) is 11.8 Å². The maximum absolute atomic E-state index is 10.4. The van der Waals surface area contributed by atoms with Crippen molar-refractivity contribution in [3.8, 4) is 0 Å². The van der Waals surface area contributed by atoms with E-state index < -0.39 is 0 Å². The Labute approximate surface area is 110 Å². The normalized spacial score (nSPS) is 29.5. The molecule has 1 N–H and O–H groups in total. The predicted molar refractivity (Wildman–Crippen MR) is 73.4 cm³/mol. The molecule has 1 aliphatic carbocycles. The Morgan fingerprint density at radius 1 is 1.44 bits per heavy atom. The highest BCUT2D eigenvalue weighted by atomic mass is 16.3. The molecule has 0 spiro atoms. The number of aliphatic hydroxyl groups excluding tert-OH is 1. The Hall–Kier alpha value is -0.830. The quantitative estimate of drug-likeness (QED) is 0.895. The molecule has 3 atom stereocenters. The van der Waals surface area contributed by atoms with Crippen molar-refractivity contribution in [1.82, 2.24) is 9.78 Å². The van der Waals surface area contributed by atoms with Crippen LogP contribution in [-0.2, 0) is 12.0 Å². The molecule has 1 saturated carbocycles. The van der Waals surface area contributed by atoms with Crippen LogP contribution in [0.15, 0.2) is 12.4 Å². The third-order valence-electron chi connectivity index (χ3n) is 4.71. The molecule has 0 aromatic carbocycles. The molecule has 0 aliphatic heterocycles. The molecule has 0 bridgehead atoms. The molecule has 1 aliphatic rings. The molecular weight excluding hydrogens is 224 g/mol. The monoisotopic (exact) mass is 250 g/mol. The van der Waals surface area contributed by atoms with E-state index in [2.05, 4.69) is 39.0 Å². The Bertz CT molecular complexity index is 397. The summed E-state index contributed by atoms with van der Waals surface area (Å²) in [6, 6.07) is 0. The molecule has 3 nitrogen and oxygen atoms in total. The first-order chi connectivity index (χ1) is 8.45. The highest BCUT2D eigenvalue weighted by Crippen LogP contribution is 2.42. The van der Waals surface area contributed by atoms with Crippen LogP contribution in [0.3, 0.4) is 0 Å². The van der Waals surface area contributed by atoms with Crippen LogP contribution in [0.25, 0.3) is 0 Å². The summed E-state index contributed by atoms with van der Waals surface area (Å²) in [5.74, 6) is 1.01. The van der Waals surface area contributed by atoms with Crippen molar-refractivity contribution in [3.63, 3.8) is 0 Å². The van der Waals surface area contributed by atoms with Crippen molar-refractivity contribution < 1.29 is 5.11 Å². The van der Waals surface area contributed by atoms with Gasteiger partial charge in [0.1, 0.15) is 0 Å². The first-order valence-electron chi connectivity index (χ1n) is 7.16. The Morgan fingerprint density at radius 2 is 2.17 bits per heavy atom. The second-order valence-electron chi connectivity index (χ2n) is 6.40. The van der Waals surface area contributed by atoms with Crippen molar-refractivity contribution in [1.29, 1.82) is 0 Å². The summed E-state index contributed by atoms with van der Waals surface area (Å²) < 4.78 is 1.97. The first kappa shape index (κ1) is 13.6. The SMILES string of the molecule is CCn1cc(C(C)(C)C2CCC(C)CC2O)cn1. The minimum absolute atomic E-state index is 0.00692. The van der Waals surface area contributed by atoms with E-state index in [1.165, 1.54) is 12.0 Å². The summed E-state index contributed by atoms with van der Waals surface area (Å²) in [7, 11) is 0. The lowest BCUT2D eigenvalue weighted by molar-refractivity contribution is 0.0143. The van der Waals surface area contributed by atoms with Crippen molar-refractivity contribution >= 4 is 0 Å². The van der Waals surface area contributed by atoms with Gasteiger partial charge in [-0.15, -0.1) is 0 Å². The molecule has 1 fully saturated rings. The van der Waals surface area contributed by atoms with E-state index in [9.17, 15) is 5.11 Å². The highest BCUT2D eigenvalue weighted by molar-refractivity contribution is 5.19. The average Bonchev–Trinajstić information content (AvgIpc) is 2.77. The highest BCUT2D eigenvalue weighted by Gasteiger charge is 2.39. The van der Waals surface area contributed by atoms with Gasteiger partial charge in [-0.2, -0.15) is 5.10 Å². The van der Waals surface area contributed by atoms with Gasteiger partial charge in [0.2, 0.25) is 0 Å². The second-order valence-corrected chi connectivity index (χ2v) is 6.40. The van der Waals surface area contributed by atoms with E-state index in [1.807, 2.05) is 10.9 Å². The lowest BCUT2D eigenvalue weighted by Crippen LogP contribution is -2.41. The maximum atomic E-state index is 10.4. The third-order valence-corrected chi connectivity index (χ3v) is 4.71. The molecule has 0 radical (unpaired) electrons. The van der Waals surface area contributed by atoms with Crippen molar-refractivity contribution in [2.75, 3.05) is 0 Å². The summed E-state index contributed by atoms with van der Waals surface area (Å²) in [6.07, 6.45) is 7.21. The molecule has 1 aromatic heterocycles. The van der Waals surface area contributed by atoms with Gasteiger partial charge in [-0.25, -0.2) is 0 Å². The van der Waals surface area contributed by atoms with Crippen molar-refractivity contribution in [2.24, 2.45) is 11.8 Å². The summed E-state index contributed by atoms with van der Waals surface area (Å²) in [5.41, 5.74) is 1.26. The molecule has 3 heteroatoms. The Kier molecular flexibility index (Phi) is 3.81. The summed E-state index contributed by atoms with van der Waals surface area (Å²) in [6.45, 7) is 9.73. The van der Waals surface area contributed by atoms with Crippen LogP contribution >= 0.6 is 0 Å². The Balaban J connectivity index is 2.19. The first-order valence-corrected chi connectivity index (χ1v) is 7.16. The fourth-order valence-corrected chi connectivity index (χ4v) is 3.28. The zero-order valence-electron chi connectivity index (χ0n) is 12.1. The van der Waals surface area contributed by atoms with Gasteiger partial charge < -0.3 is 5.11 Å². The average molecular weight is 250 g/mol. The minimum Gasteiger partial charge on any atom is -0.393 e. The van der Waals surface area contributed by atoms with Crippen molar-refractivity contribution in [3.05, 3.63) is 18.0 Å². The zero-order valence-corrected chi connectivity index (χ0v) is 12.1. The number of aromatic nitrogens is 2. The third kappa shape index (κ3) is 2.46. The van der Waals surface area contributed by atoms with Crippen LogP contribution in [0.4, 0.5) is 0 Å². The molecular formula is C15H26N2O. The molecule has 1 aromatic rings. The van der Waals surface area contributed by atoms with E-state index in [-0.39, 0.29) is 11.5 Å². The number of aliphatic hydroxyl groups is 1. The fraction of sp³-hybridized carbons (Fsp3) is 0.800. The largest absolute Gasteiger partial charge is 0.393 e. The molecule has 18 heavy (non-hydrogen) atoms. The predicted octanol–water partition coefficient (Wildman–Crippen LogP) is 2.98. The topological polar surface area (TPSA) is 38.0 Å². The number of hydrogen-bond donors (Lipinski definition) is 1. The van der Waals surface area contributed by atoms with E-state index in [1.54, 1.807) is 0 Å². The van der Waals surface area contributed by atoms with Gasteiger partial charge in [0.05, 0.1) is 12.3 Å². The fourth-order valence-electron chi connectivity index (χ4n) is 3.28. The van der Waals surface area contributed by atoms with Crippen molar-refractivity contribution in [2.45, 2.75) is 65.0 Å². The van der Waals surface area contributed by atoms with Gasteiger partial charge >= 0.3 is 0 Å². The number of hydrogen-bond acceptors (Lipinski definition) is 2. The van der Waals surface area contributed by atoms with Gasteiger partial charge in [-0.05, 0) is 42.6 Å². The molecule has 2 rings (SSSR count). The van der Waals surface area contributed by atoms with Crippen LogP contribution in [0.2, 0.25) is 0 Å². The number of rotatable bonds is 3. The molecule has 0 saturated heterocycles. The zero-order chi connectivity index (χ0) is 13.3. The standard InChI is InChI=1S/C15H26N2O/c1-5-17-10-12(9-16-17)15(3,4)13-7-6-11(2)8-14(13)18/h9-11,13-14,18H,5-8H2,1-4H3. The van der Waals surface area contributed by atoms with Crippen LogP contribution in [0.1, 0.15) is 52.5 Å². The summed E-state index contributed by atoms with van der Waals surface area (Å²) in [5, 5.41) is 14.7. The van der Waals surface area contributed by atoms with Crippen LogP contribution in [-0.4, -0.2) is 21.0 Å². The van der Waals surface area contributed by atoms with Gasteiger partial charge in [-0.1, -0.05) is 27.2 Å². The molecule has 3 unspecified atom stereocenters. The Morgan fingerprint density at radius 3 is 2.72 bits per heavy atom. The molecule has 102 valence electrons. The second kappa shape index (κ2) is 5.04. The number of aryl methyl sites for hydroxylation is 1. The summed E-state index contributed by atoms with van der Waals surface area (Å²) in [4.78, 5) is 0. The smallest absolute Gasteiger partial charge is 0.0579 e. The summed E-state index contributed by atoms with van der Waals surface area (Å²) >= 11 is 0. The van der Waals surface area contributed by atoms with Gasteiger partial charge in [0.25, 0.3) is 0 Å². The van der Waals surface area contributed by atoms with E-state index in [0.717, 1.165) is 19.4 Å². The van der Waals surface area contributed by atoms with Crippen LogP contribution in [0.5, 0.6) is 0 Å². The minimum atomic E-state index is -0.172. The van der Waals surface area contributed by atoms with E-state index in [0.29, 0.717) is 11.8 Å². The number of nitrogens with zero attached hydrogens (tertiary/aromatic N) is 2.